The van der Waals surface area contributed by atoms with Crippen LogP contribution in [0, 0.1) is 0 Å². The summed E-state index contributed by atoms with van der Waals surface area (Å²) in [6.07, 6.45) is 4.70. The molecule has 0 amide bonds. The van der Waals surface area contributed by atoms with E-state index in [-0.39, 0.29) is 11.5 Å². The third-order valence-electron chi connectivity index (χ3n) is 3.88. The molecule has 0 bridgehead atoms. The number of hydrogen-bond acceptors (Lipinski definition) is 5. The zero-order valence-electron chi connectivity index (χ0n) is 15.6. The number of carbonyl (C=O) groups excluding carboxylic acids is 1. The summed E-state index contributed by atoms with van der Waals surface area (Å²) < 4.78 is 11.4. The summed E-state index contributed by atoms with van der Waals surface area (Å²) in [5.41, 5.74) is 2.34. The van der Waals surface area contributed by atoms with E-state index in [2.05, 4.69) is 20.9 Å². The van der Waals surface area contributed by atoms with Gasteiger partial charge in [0.05, 0.1) is 17.3 Å². The Hall–Kier alpha value is -3.38. The van der Waals surface area contributed by atoms with Gasteiger partial charge >= 0.3 is 5.97 Å². The molecule has 3 rings (SSSR count). The van der Waals surface area contributed by atoms with Gasteiger partial charge in [0, 0.05) is 12.3 Å². The molecular formula is C23H18BrNO4. The molecular weight excluding hydrogens is 434 g/mol. The molecule has 0 aromatic heterocycles. The predicted octanol–water partition coefficient (Wildman–Crippen LogP) is 5.53. The Balaban J connectivity index is 1.76. The van der Waals surface area contributed by atoms with Crippen LogP contribution in [0.1, 0.15) is 11.1 Å². The molecule has 0 saturated carbocycles. The van der Waals surface area contributed by atoms with Crippen molar-refractivity contribution in [2.75, 3.05) is 7.11 Å². The largest absolute Gasteiger partial charge is 0.508 e. The van der Waals surface area contributed by atoms with E-state index >= 15 is 0 Å². The molecule has 3 aromatic rings. The minimum Gasteiger partial charge on any atom is -0.508 e. The van der Waals surface area contributed by atoms with Gasteiger partial charge in [-0.2, -0.15) is 0 Å². The van der Waals surface area contributed by atoms with Crippen molar-refractivity contribution in [2.24, 2.45) is 4.99 Å². The third kappa shape index (κ3) is 5.80. The van der Waals surface area contributed by atoms with Crippen LogP contribution in [0.5, 0.6) is 17.2 Å². The molecule has 146 valence electrons. The van der Waals surface area contributed by atoms with E-state index in [0.717, 1.165) is 11.1 Å². The summed E-state index contributed by atoms with van der Waals surface area (Å²) in [6, 6.07) is 19.5. The highest BCUT2D eigenvalue weighted by Gasteiger charge is 2.14. The van der Waals surface area contributed by atoms with Gasteiger partial charge in [0.15, 0.2) is 11.5 Å². The first-order chi connectivity index (χ1) is 14.0. The standard InChI is InChI=1S/C23H18BrNO4/c1-28-21-14-17(15-25-18-8-10-19(26)11-9-18)13-20(24)23(21)29-22(27)12-7-16-5-3-2-4-6-16/h2-15,26H,1H3/b12-7+,25-15+. The first-order valence-corrected chi connectivity index (χ1v) is 9.50. The number of aromatic hydroxyl groups is 1. The summed E-state index contributed by atoms with van der Waals surface area (Å²) >= 11 is 3.42. The maximum absolute atomic E-state index is 12.2. The van der Waals surface area contributed by atoms with E-state index < -0.39 is 5.97 Å². The molecule has 0 heterocycles. The Bertz CT molecular complexity index is 1040. The van der Waals surface area contributed by atoms with Crippen LogP contribution in [0.3, 0.4) is 0 Å². The van der Waals surface area contributed by atoms with Crippen LogP contribution in [0.25, 0.3) is 6.08 Å². The first-order valence-electron chi connectivity index (χ1n) is 8.71. The molecule has 0 spiro atoms. The molecule has 0 saturated heterocycles. The molecule has 0 fully saturated rings. The van der Waals surface area contributed by atoms with Gasteiger partial charge < -0.3 is 14.6 Å². The van der Waals surface area contributed by atoms with Crippen molar-refractivity contribution in [1.82, 2.24) is 0 Å². The summed E-state index contributed by atoms with van der Waals surface area (Å²) in [7, 11) is 1.50. The average Bonchev–Trinajstić information content (AvgIpc) is 2.74. The van der Waals surface area contributed by atoms with Gasteiger partial charge in [0.1, 0.15) is 5.75 Å². The number of ether oxygens (including phenoxy) is 2. The fraction of sp³-hybridized carbons (Fsp3) is 0.0435. The molecule has 1 N–H and O–H groups in total. The number of aliphatic imine (C=N–C) groups is 1. The van der Waals surface area contributed by atoms with Crippen LogP contribution in [0.2, 0.25) is 0 Å². The van der Waals surface area contributed by atoms with Gasteiger partial charge in [-0.1, -0.05) is 30.3 Å². The zero-order valence-corrected chi connectivity index (χ0v) is 17.2. The number of esters is 1. The quantitative estimate of drug-likeness (QED) is 0.231. The van der Waals surface area contributed by atoms with Crippen molar-refractivity contribution >= 4 is 39.9 Å². The van der Waals surface area contributed by atoms with Crippen molar-refractivity contribution < 1.29 is 19.4 Å². The van der Waals surface area contributed by atoms with Crippen LogP contribution in [-0.4, -0.2) is 24.4 Å². The molecule has 0 aliphatic carbocycles. The molecule has 5 nitrogen and oxygen atoms in total. The van der Waals surface area contributed by atoms with Gasteiger partial charge in [0.25, 0.3) is 0 Å². The maximum atomic E-state index is 12.2. The summed E-state index contributed by atoms with van der Waals surface area (Å²) in [5, 5.41) is 9.33. The molecule has 0 aliphatic rings. The van der Waals surface area contributed by atoms with E-state index in [9.17, 15) is 9.90 Å². The van der Waals surface area contributed by atoms with Crippen molar-refractivity contribution in [3.05, 3.63) is 88.4 Å². The number of halogens is 1. The number of phenols is 1. The van der Waals surface area contributed by atoms with Crippen molar-refractivity contribution in [2.45, 2.75) is 0 Å². The first kappa shape index (κ1) is 20.4. The van der Waals surface area contributed by atoms with Gasteiger partial charge in [-0.25, -0.2) is 4.79 Å². The van der Waals surface area contributed by atoms with E-state index in [1.807, 2.05) is 30.3 Å². The lowest BCUT2D eigenvalue weighted by Crippen LogP contribution is -2.06. The molecule has 0 radical (unpaired) electrons. The third-order valence-corrected chi connectivity index (χ3v) is 4.47. The summed E-state index contributed by atoms with van der Waals surface area (Å²) in [4.78, 5) is 16.6. The van der Waals surface area contributed by atoms with Crippen molar-refractivity contribution in [3.8, 4) is 17.2 Å². The number of carbonyl (C=O) groups is 1. The summed E-state index contributed by atoms with van der Waals surface area (Å²) in [5.74, 6) is 0.351. The van der Waals surface area contributed by atoms with E-state index in [1.165, 1.54) is 13.2 Å². The highest BCUT2D eigenvalue weighted by atomic mass is 79.9. The Kier molecular flexibility index (Phi) is 6.81. The van der Waals surface area contributed by atoms with Crippen LogP contribution in [-0.2, 0) is 4.79 Å². The van der Waals surface area contributed by atoms with Crippen molar-refractivity contribution in [1.29, 1.82) is 0 Å². The normalized spacial score (nSPS) is 11.1. The topological polar surface area (TPSA) is 68.1 Å². The van der Waals surface area contributed by atoms with Crippen LogP contribution >= 0.6 is 15.9 Å². The van der Waals surface area contributed by atoms with Gasteiger partial charge in [-0.3, -0.25) is 4.99 Å². The second kappa shape index (κ2) is 9.71. The second-order valence-corrected chi connectivity index (χ2v) is 6.83. The molecule has 29 heavy (non-hydrogen) atoms. The van der Waals surface area contributed by atoms with E-state index in [0.29, 0.717) is 15.9 Å². The lowest BCUT2D eigenvalue weighted by atomic mass is 10.2. The number of benzene rings is 3. The van der Waals surface area contributed by atoms with Crippen LogP contribution < -0.4 is 9.47 Å². The number of methoxy groups -OCH3 is 1. The lowest BCUT2D eigenvalue weighted by molar-refractivity contribution is -0.129. The van der Waals surface area contributed by atoms with E-state index in [1.54, 1.807) is 48.7 Å². The smallest absolute Gasteiger partial charge is 0.336 e. The highest BCUT2D eigenvalue weighted by Crippen LogP contribution is 2.36. The minimum atomic E-state index is -0.515. The molecule has 0 unspecified atom stereocenters. The Labute approximate surface area is 177 Å². The number of nitrogens with zero attached hydrogens (tertiary/aromatic N) is 1. The molecule has 0 aliphatic heterocycles. The Morgan fingerprint density at radius 3 is 2.45 bits per heavy atom. The molecule has 0 atom stereocenters. The monoisotopic (exact) mass is 451 g/mol. The SMILES string of the molecule is COc1cc(/C=N/c2ccc(O)cc2)cc(Br)c1OC(=O)/C=C/c1ccccc1. The Morgan fingerprint density at radius 1 is 1.03 bits per heavy atom. The highest BCUT2D eigenvalue weighted by molar-refractivity contribution is 9.10. The Morgan fingerprint density at radius 2 is 1.76 bits per heavy atom. The maximum Gasteiger partial charge on any atom is 0.336 e. The average molecular weight is 452 g/mol. The van der Waals surface area contributed by atoms with Crippen LogP contribution in [0.15, 0.2) is 82.3 Å². The van der Waals surface area contributed by atoms with Crippen molar-refractivity contribution in [3.63, 3.8) is 0 Å². The second-order valence-electron chi connectivity index (χ2n) is 5.97. The predicted molar refractivity (Wildman–Crippen MR) is 117 cm³/mol. The van der Waals surface area contributed by atoms with E-state index in [4.69, 9.17) is 9.47 Å². The van der Waals surface area contributed by atoms with Gasteiger partial charge in [-0.05, 0) is 69.5 Å². The number of phenolic OH excluding ortho intramolecular Hbond substituents is 1. The molecule has 6 heteroatoms. The number of hydrogen-bond donors (Lipinski definition) is 1. The van der Waals surface area contributed by atoms with Gasteiger partial charge in [0.2, 0.25) is 0 Å². The van der Waals surface area contributed by atoms with Gasteiger partial charge in [-0.15, -0.1) is 0 Å². The number of rotatable bonds is 6. The minimum absolute atomic E-state index is 0.181. The fourth-order valence-corrected chi connectivity index (χ4v) is 3.00. The fourth-order valence-electron chi connectivity index (χ4n) is 2.46. The zero-order chi connectivity index (χ0) is 20.6. The van der Waals surface area contributed by atoms with Crippen LogP contribution in [0.4, 0.5) is 5.69 Å². The summed E-state index contributed by atoms with van der Waals surface area (Å²) in [6.45, 7) is 0. The molecule has 3 aromatic carbocycles. The lowest BCUT2D eigenvalue weighted by Gasteiger charge is -2.11.